The van der Waals surface area contributed by atoms with Gasteiger partial charge in [0.1, 0.15) is 5.75 Å². The average molecular weight is 178 g/mol. The Kier molecular flexibility index (Phi) is 2.65. The Bertz CT molecular complexity index is 266. The summed E-state index contributed by atoms with van der Waals surface area (Å²) in [6.07, 6.45) is 0. The van der Waals surface area contributed by atoms with Crippen molar-refractivity contribution in [1.82, 2.24) is 0 Å². The van der Waals surface area contributed by atoms with Crippen LogP contribution in [0.1, 0.15) is 39.2 Å². The minimum atomic E-state index is 0.275. The summed E-state index contributed by atoms with van der Waals surface area (Å²) in [5.41, 5.74) is 1.56. The third kappa shape index (κ3) is 2.48. The van der Waals surface area contributed by atoms with E-state index in [1.807, 2.05) is 12.1 Å². The highest BCUT2D eigenvalue weighted by Gasteiger charge is 2.21. The molecule has 72 valence electrons. The fraction of sp³-hybridized carbons (Fsp3) is 0.500. The fourth-order valence-corrected chi connectivity index (χ4v) is 1.26. The SMILES string of the molecule is CC(c1ccc(O)cc1)C(C)(C)C. The monoisotopic (exact) mass is 178 g/mol. The molecule has 1 unspecified atom stereocenters. The van der Waals surface area contributed by atoms with Crippen LogP contribution in [0.15, 0.2) is 24.3 Å². The molecule has 1 nitrogen and oxygen atoms in total. The van der Waals surface area contributed by atoms with Crippen LogP contribution >= 0.6 is 0 Å². The maximum absolute atomic E-state index is 9.14. The summed E-state index contributed by atoms with van der Waals surface area (Å²) < 4.78 is 0. The first-order chi connectivity index (χ1) is 5.91. The Labute approximate surface area is 80.4 Å². The van der Waals surface area contributed by atoms with Gasteiger partial charge in [-0.05, 0) is 29.0 Å². The van der Waals surface area contributed by atoms with Crippen molar-refractivity contribution in [3.8, 4) is 5.75 Å². The highest BCUT2D eigenvalue weighted by atomic mass is 16.3. The molecule has 13 heavy (non-hydrogen) atoms. The van der Waals surface area contributed by atoms with Crippen LogP contribution in [0.3, 0.4) is 0 Å². The van der Waals surface area contributed by atoms with E-state index in [0.717, 1.165) is 0 Å². The number of hydrogen-bond acceptors (Lipinski definition) is 1. The van der Waals surface area contributed by atoms with E-state index in [-0.39, 0.29) is 5.41 Å². The van der Waals surface area contributed by atoms with Crippen LogP contribution in [0.4, 0.5) is 0 Å². The van der Waals surface area contributed by atoms with E-state index in [0.29, 0.717) is 11.7 Å². The van der Waals surface area contributed by atoms with E-state index in [2.05, 4.69) is 27.7 Å². The minimum Gasteiger partial charge on any atom is -0.508 e. The highest BCUT2D eigenvalue weighted by Crippen LogP contribution is 2.34. The Hall–Kier alpha value is -0.980. The van der Waals surface area contributed by atoms with Crippen molar-refractivity contribution in [1.29, 1.82) is 0 Å². The standard InChI is InChI=1S/C12H18O/c1-9(12(2,3)4)10-5-7-11(13)8-6-10/h5-9,13H,1-4H3. The summed E-state index contributed by atoms with van der Waals surface area (Å²) in [7, 11) is 0. The molecule has 0 radical (unpaired) electrons. The van der Waals surface area contributed by atoms with Gasteiger partial charge in [-0.15, -0.1) is 0 Å². The molecule has 1 heteroatoms. The fourth-order valence-electron chi connectivity index (χ4n) is 1.26. The predicted molar refractivity (Wildman–Crippen MR) is 56.0 cm³/mol. The summed E-state index contributed by atoms with van der Waals surface area (Å²) in [4.78, 5) is 0. The molecule has 0 bridgehead atoms. The number of phenols is 1. The molecule has 0 spiro atoms. The molecule has 1 atom stereocenters. The van der Waals surface area contributed by atoms with E-state index < -0.39 is 0 Å². The molecule has 0 aliphatic carbocycles. The van der Waals surface area contributed by atoms with Crippen molar-refractivity contribution in [2.45, 2.75) is 33.6 Å². The molecule has 0 heterocycles. The van der Waals surface area contributed by atoms with Gasteiger partial charge in [0.2, 0.25) is 0 Å². The van der Waals surface area contributed by atoms with Crippen LogP contribution in [0, 0.1) is 5.41 Å². The van der Waals surface area contributed by atoms with Crippen molar-refractivity contribution in [3.63, 3.8) is 0 Å². The van der Waals surface area contributed by atoms with Gasteiger partial charge in [0.15, 0.2) is 0 Å². The third-order valence-electron chi connectivity index (χ3n) is 2.69. The largest absolute Gasteiger partial charge is 0.508 e. The number of hydrogen-bond donors (Lipinski definition) is 1. The normalized spacial score (nSPS) is 14.2. The molecule has 0 aliphatic rings. The lowest BCUT2D eigenvalue weighted by Gasteiger charge is -2.27. The van der Waals surface area contributed by atoms with Gasteiger partial charge < -0.3 is 5.11 Å². The van der Waals surface area contributed by atoms with E-state index in [9.17, 15) is 0 Å². The second-order valence-electron chi connectivity index (χ2n) is 4.68. The van der Waals surface area contributed by atoms with E-state index >= 15 is 0 Å². The summed E-state index contributed by atoms with van der Waals surface area (Å²) in [5.74, 6) is 0.845. The predicted octanol–water partition coefficient (Wildman–Crippen LogP) is 3.54. The number of phenolic OH excluding ortho intramolecular Hbond substituents is 1. The summed E-state index contributed by atoms with van der Waals surface area (Å²) in [5, 5.41) is 9.14. The highest BCUT2D eigenvalue weighted by molar-refractivity contribution is 5.28. The molecule has 1 rings (SSSR count). The first-order valence-electron chi connectivity index (χ1n) is 4.70. The zero-order valence-corrected chi connectivity index (χ0v) is 8.83. The van der Waals surface area contributed by atoms with Crippen molar-refractivity contribution >= 4 is 0 Å². The van der Waals surface area contributed by atoms with Crippen molar-refractivity contribution in [3.05, 3.63) is 29.8 Å². The molecular weight excluding hydrogens is 160 g/mol. The Morgan fingerprint density at radius 3 is 1.92 bits per heavy atom. The molecule has 0 saturated heterocycles. The average Bonchev–Trinajstić information content (AvgIpc) is 2.03. The van der Waals surface area contributed by atoms with E-state index in [4.69, 9.17) is 5.11 Å². The van der Waals surface area contributed by atoms with Gasteiger partial charge in [-0.2, -0.15) is 0 Å². The van der Waals surface area contributed by atoms with Gasteiger partial charge in [-0.3, -0.25) is 0 Å². The van der Waals surface area contributed by atoms with Gasteiger partial charge in [0.25, 0.3) is 0 Å². The van der Waals surface area contributed by atoms with Crippen molar-refractivity contribution in [2.75, 3.05) is 0 Å². The minimum absolute atomic E-state index is 0.275. The van der Waals surface area contributed by atoms with Gasteiger partial charge in [-0.1, -0.05) is 39.8 Å². The summed E-state index contributed by atoms with van der Waals surface area (Å²) in [6, 6.07) is 7.48. The Morgan fingerprint density at radius 2 is 1.54 bits per heavy atom. The van der Waals surface area contributed by atoms with Gasteiger partial charge in [-0.25, -0.2) is 0 Å². The maximum Gasteiger partial charge on any atom is 0.115 e. The Balaban J connectivity index is 2.90. The van der Waals surface area contributed by atoms with Crippen LogP contribution in [-0.2, 0) is 0 Å². The smallest absolute Gasteiger partial charge is 0.115 e. The van der Waals surface area contributed by atoms with Crippen LogP contribution in [0.2, 0.25) is 0 Å². The van der Waals surface area contributed by atoms with Crippen LogP contribution in [0.25, 0.3) is 0 Å². The number of aromatic hydroxyl groups is 1. The maximum atomic E-state index is 9.14. The van der Waals surface area contributed by atoms with Gasteiger partial charge in [0, 0.05) is 0 Å². The van der Waals surface area contributed by atoms with Crippen molar-refractivity contribution in [2.24, 2.45) is 5.41 Å². The lowest BCUT2D eigenvalue weighted by atomic mass is 9.78. The first kappa shape index (κ1) is 10.1. The molecular formula is C12H18O. The summed E-state index contributed by atoms with van der Waals surface area (Å²) in [6.45, 7) is 8.89. The molecule has 1 aromatic rings. The molecule has 0 aliphatic heterocycles. The van der Waals surface area contributed by atoms with Crippen LogP contribution in [0.5, 0.6) is 5.75 Å². The zero-order chi connectivity index (χ0) is 10.1. The lowest BCUT2D eigenvalue weighted by molar-refractivity contribution is 0.339. The van der Waals surface area contributed by atoms with Gasteiger partial charge >= 0.3 is 0 Å². The Morgan fingerprint density at radius 1 is 1.08 bits per heavy atom. The van der Waals surface area contributed by atoms with E-state index in [1.165, 1.54) is 5.56 Å². The molecule has 0 saturated carbocycles. The second-order valence-corrected chi connectivity index (χ2v) is 4.68. The topological polar surface area (TPSA) is 20.2 Å². The molecule has 0 amide bonds. The number of benzene rings is 1. The quantitative estimate of drug-likeness (QED) is 0.697. The molecule has 0 aromatic heterocycles. The lowest BCUT2D eigenvalue weighted by Crippen LogP contribution is -2.14. The molecule has 1 N–H and O–H groups in total. The molecule has 0 fully saturated rings. The number of rotatable bonds is 1. The second kappa shape index (κ2) is 3.41. The molecule has 1 aromatic carbocycles. The van der Waals surface area contributed by atoms with Crippen molar-refractivity contribution < 1.29 is 5.11 Å². The summed E-state index contributed by atoms with van der Waals surface area (Å²) >= 11 is 0. The van der Waals surface area contributed by atoms with E-state index in [1.54, 1.807) is 12.1 Å². The zero-order valence-electron chi connectivity index (χ0n) is 8.83. The van der Waals surface area contributed by atoms with Crippen LogP contribution in [-0.4, -0.2) is 5.11 Å². The van der Waals surface area contributed by atoms with Crippen LogP contribution < -0.4 is 0 Å². The van der Waals surface area contributed by atoms with Gasteiger partial charge in [0.05, 0.1) is 0 Å². The third-order valence-corrected chi connectivity index (χ3v) is 2.69. The first-order valence-corrected chi connectivity index (χ1v) is 4.70.